The Kier molecular flexibility index (Phi) is 5.60. The number of rotatable bonds is 6. The molecule has 31 heavy (non-hydrogen) atoms. The number of aromatic nitrogens is 1. The lowest BCUT2D eigenvalue weighted by Gasteiger charge is -2.42. The van der Waals surface area contributed by atoms with Gasteiger partial charge in [-0.2, -0.15) is 17.0 Å². The average Bonchev–Trinajstić information content (AvgIpc) is 3.40. The smallest absolute Gasteiger partial charge is 0.282 e. The molecule has 1 saturated carbocycles. The van der Waals surface area contributed by atoms with E-state index in [0.29, 0.717) is 43.6 Å². The van der Waals surface area contributed by atoms with Crippen LogP contribution in [-0.4, -0.2) is 84.3 Å². The van der Waals surface area contributed by atoms with E-state index in [1.807, 2.05) is 0 Å². The van der Waals surface area contributed by atoms with Gasteiger partial charge in [-0.25, -0.2) is 0 Å². The molecule has 1 aromatic rings. The van der Waals surface area contributed by atoms with Crippen molar-refractivity contribution in [1.82, 2.24) is 24.0 Å². The van der Waals surface area contributed by atoms with Crippen LogP contribution in [0.25, 0.3) is 0 Å². The van der Waals surface area contributed by atoms with Crippen molar-refractivity contribution in [2.24, 2.45) is 0 Å². The summed E-state index contributed by atoms with van der Waals surface area (Å²) >= 11 is 0. The Balaban J connectivity index is 1.21. The molecule has 4 heterocycles. The molecule has 172 valence electrons. The molecule has 10 heteroatoms. The SMILES string of the molecule is CN(C)C1CCN(S(=O)(=O)N2[C@@H]3CC[C@H]2CC(NC(=O)c2cc(C4CC4)on2)C3)CC1. The van der Waals surface area contributed by atoms with Crippen molar-refractivity contribution in [2.45, 2.75) is 81.5 Å². The number of nitrogens with zero attached hydrogens (tertiary/aromatic N) is 4. The first-order valence-corrected chi connectivity index (χ1v) is 12.9. The summed E-state index contributed by atoms with van der Waals surface area (Å²) in [6.45, 7) is 1.16. The second kappa shape index (κ2) is 8.13. The fourth-order valence-corrected chi connectivity index (χ4v) is 7.64. The summed E-state index contributed by atoms with van der Waals surface area (Å²) in [5, 5.41) is 7.00. The molecule has 5 rings (SSSR count). The summed E-state index contributed by atoms with van der Waals surface area (Å²) in [6, 6.07) is 2.08. The Hall–Kier alpha value is -1.49. The lowest BCUT2D eigenvalue weighted by Crippen LogP contribution is -2.57. The van der Waals surface area contributed by atoms with Gasteiger partial charge < -0.3 is 14.7 Å². The molecule has 1 aliphatic carbocycles. The first-order chi connectivity index (χ1) is 14.8. The molecule has 1 amide bonds. The summed E-state index contributed by atoms with van der Waals surface area (Å²) in [6.07, 6.45) is 6.97. The third kappa shape index (κ3) is 4.15. The van der Waals surface area contributed by atoms with Crippen molar-refractivity contribution >= 4 is 16.1 Å². The number of piperidine rings is 2. The number of hydrogen-bond donors (Lipinski definition) is 1. The highest BCUT2D eigenvalue weighted by atomic mass is 32.2. The van der Waals surface area contributed by atoms with E-state index >= 15 is 0 Å². The Labute approximate surface area is 184 Å². The predicted molar refractivity (Wildman–Crippen MR) is 115 cm³/mol. The Bertz CT molecular complexity index is 906. The minimum atomic E-state index is -3.47. The molecule has 3 aliphatic heterocycles. The quantitative estimate of drug-likeness (QED) is 0.705. The van der Waals surface area contributed by atoms with Gasteiger partial charge in [0.05, 0.1) is 0 Å². The van der Waals surface area contributed by atoms with Gasteiger partial charge in [-0.15, -0.1) is 0 Å². The summed E-state index contributed by atoms with van der Waals surface area (Å²) in [5.74, 6) is 0.993. The minimum absolute atomic E-state index is 0.0306. The molecule has 3 atom stereocenters. The van der Waals surface area contributed by atoms with Crippen LogP contribution in [-0.2, 0) is 10.2 Å². The molecular weight excluding hydrogens is 418 g/mol. The minimum Gasteiger partial charge on any atom is -0.360 e. The highest BCUT2D eigenvalue weighted by Gasteiger charge is 2.49. The van der Waals surface area contributed by atoms with E-state index in [0.717, 1.165) is 44.3 Å². The van der Waals surface area contributed by atoms with Gasteiger partial charge in [0.25, 0.3) is 16.1 Å². The first kappa shape index (κ1) is 21.4. The third-order valence-electron chi connectivity index (χ3n) is 7.49. The maximum absolute atomic E-state index is 13.4. The molecule has 2 bridgehead atoms. The van der Waals surface area contributed by atoms with E-state index in [9.17, 15) is 13.2 Å². The first-order valence-electron chi connectivity index (χ1n) is 11.6. The van der Waals surface area contributed by atoms with Crippen LogP contribution in [0.15, 0.2) is 10.6 Å². The molecule has 0 aromatic carbocycles. The molecule has 1 aromatic heterocycles. The zero-order valence-corrected chi connectivity index (χ0v) is 19.2. The number of carbonyl (C=O) groups is 1. The summed E-state index contributed by atoms with van der Waals surface area (Å²) in [7, 11) is 0.646. The Morgan fingerprint density at radius 3 is 2.32 bits per heavy atom. The number of hydrogen-bond acceptors (Lipinski definition) is 6. The number of nitrogens with one attached hydrogen (secondary N) is 1. The lowest BCUT2D eigenvalue weighted by atomic mass is 9.99. The van der Waals surface area contributed by atoms with Crippen molar-refractivity contribution in [3.63, 3.8) is 0 Å². The van der Waals surface area contributed by atoms with Gasteiger partial charge in [0, 0.05) is 49.2 Å². The van der Waals surface area contributed by atoms with Crippen molar-refractivity contribution in [3.8, 4) is 0 Å². The topological polar surface area (TPSA) is 99.0 Å². The fourth-order valence-electron chi connectivity index (χ4n) is 5.57. The average molecular weight is 452 g/mol. The van der Waals surface area contributed by atoms with E-state index in [4.69, 9.17) is 4.52 Å². The molecule has 0 radical (unpaired) electrons. The lowest BCUT2D eigenvalue weighted by molar-refractivity contribution is 0.0897. The molecule has 9 nitrogen and oxygen atoms in total. The predicted octanol–water partition coefficient (Wildman–Crippen LogP) is 1.55. The summed E-state index contributed by atoms with van der Waals surface area (Å²) < 4.78 is 35.6. The maximum Gasteiger partial charge on any atom is 0.282 e. The highest BCUT2D eigenvalue weighted by molar-refractivity contribution is 7.86. The number of amides is 1. The molecule has 1 N–H and O–H groups in total. The van der Waals surface area contributed by atoms with Gasteiger partial charge >= 0.3 is 0 Å². The highest BCUT2D eigenvalue weighted by Crippen LogP contribution is 2.41. The van der Waals surface area contributed by atoms with Crippen molar-refractivity contribution in [1.29, 1.82) is 0 Å². The second-order valence-electron chi connectivity index (χ2n) is 9.85. The molecular formula is C21H33N5O4S. The van der Waals surface area contributed by atoms with Gasteiger partial charge in [-0.1, -0.05) is 5.16 Å². The second-order valence-corrected chi connectivity index (χ2v) is 11.7. The molecule has 1 unspecified atom stereocenters. The van der Waals surface area contributed by atoms with E-state index < -0.39 is 10.2 Å². The van der Waals surface area contributed by atoms with Crippen LogP contribution in [0.3, 0.4) is 0 Å². The van der Waals surface area contributed by atoms with Crippen molar-refractivity contribution in [2.75, 3.05) is 27.2 Å². The van der Waals surface area contributed by atoms with Crippen molar-refractivity contribution in [3.05, 3.63) is 17.5 Å². The van der Waals surface area contributed by atoms with E-state index in [1.165, 1.54) is 0 Å². The maximum atomic E-state index is 13.4. The number of fused-ring (bicyclic) bond motifs is 2. The van der Waals surface area contributed by atoms with Crippen LogP contribution in [0.4, 0.5) is 0 Å². The standard InChI is InChI=1S/C21H33N5O4S/c1-24(2)16-7-9-25(10-8-16)31(28,29)26-17-5-6-18(26)12-15(11-17)22-21(27)19-13-20(30-23-19)14-3-4-14/h13-18H,3-12H2,1-2H3,(H,22,27)/t15?,17-,18+. The Morgan fingerprint density at radius 1 is 1.10 bits per heavy atom. The van der Waals surface area contributed by atoms with Crippen molar-refractivity contribution < 1.29 is 17.7 Å². The summed E-state index contributed by atoms with van der Waals surface area (Å²) in [4.78, 5) is 14.8. The van der Waals surface area contributed by atoms with Gasteiger partial charge in [-0.05, 0) is 65.5 Å². The normalized spacial score (nSPS) is 30.7. The van der Waals surface area contributed by atoms with Gasteiger partial charge in [-0.3, -0.25) is 4.79 Å². The Morgan fingerprint density at radius 2 is 1.74 bits per heavy atom. The van der Waals surface area contributed by atoms with Gasteiger partial charge in [0.15, 0.2) is 5.69 Å². The van der Waals surface area contributed by atoms with E-state index in [1.54, 1.807) is 14.7 Å². The third-order valence-corrected chi connectivity index (χ3v) is 9.64. The monoisotopic (exact) mass is 451 g/mol. The van der Waals surface area contributed by atoms with Crippen LogP contribution >= 0.6 is 0 Å². The molecule has 4 aliphatic rings. The van der Waals surface area contributed by atoms with Crippen LogP contribution in [0.5, 0.6) is 0 Å². The van der Waals surface area contributed by atoms with E-state index in [2.05, 4.69) is 29.5 Å². The van der Waals surface area contributed by atoms with Gasteiger partial charge in [0.2, 0.25) is 0 Å². The zero-order chi connectivity index (χ0) is 21.8. The molecule has 0 spiro atoms. The van der Waals surface area contributed by atoms with Crippen LogP contribution in [0.1, 0.15) is 73.5 Å². The van der Waals surface area contributed by atoms with Crippen LogP contribution in [0.2, 0.25) is 0 Å². The largest absolute Gasteiger partial charge is 0.360 e. The summed E-state index contributed by atoms with van der Waals surface area (Å²) in [5.41, 5.74) is 0.327. The zero-order valence-electron chi connectivity index (χ0n) is 18.4. The van der Waals surface area contributed by atoms with Crippen LogP contribution < -0.4 is 5.32 Å². The molecule has 4 fully saturated rings. The fraction of sp³-hybridized carbons (Fsp3) is 0.810. The van der Waals surface area contributed by atoms with E-state index in [-0.39, 0.29) is 24.0 Å². The number of carbonyl (C=O) groups excluding carboxylic acids is 1. The van der Waals surface area contributed by atoms with Crippen LogP contribution in [0, 0.1) is 0 Å². The van der Waals surface area contributed by atoms with Gasteiger partial charge in [0.1, 0.15) is 5.76 Å². The molecule has 3 saturated heterocycles.